The van der Waals surface area contributed by atoms with Crippen LogP contribution in [0.5, 0.6) is 0 Å². The Balaban J connectivity index is 2.61. The van der Waals surface area contributed by atoms with Crippen LogP contribution in [0.3, 0.4) is 0 Å². The number of nitrogens with zero attached hydrogens (tertiary/aromatic N) is 1. The summed E-state index contributed by atoms with van der Waals surface area (Å²) in [4.78, 5) is 7.42. The first kappa shape index (κ1) is 10.7. The average Bonchev–Trinajstić information content (AvgIpc) is 2.03. The number of thioether (sulfide) groups is 1. The van der Waals surface area contributed by atoms with Crippen molar-refractivity contribution in [3.8, 4) is 0 Å². The van der Waals surface area contributed by atoms with E-state index in [1.54, 1.807) is 11.8 Å². The lowest BCUT2D eigenvalue weighted by atomic mass is 10.4. The molecule has 1 aromatic heterocycles. The molecule has 0 aliphatic carbocycles. The third-order valence-electron chi connectivity index (χ3n) is 1.59. The third kappa shape index (κ3) is 3.91. The van der Waals surface area contributed by atoms with E-state index >= 15 is 0 Å². The van der Waals surface area contributed by atoms with Gasteiger partial charge in [0.2, 0.25) is 0 Å². The number of rotatable bonds is 4. The maximum Gasteiger partial charge on any atom is 0.166 e. The van der Waals surface area contributed by atoms with Crippen molar-refractivity contribution in [1.82, 2.24) is 9.97 Å². The van der Waals surface area contributed by atoms with E-state index < -0.39 is 0 Å². The van der Waals surface area contributed by atoms with Crippen LogP contribution in [0, 0.1) is 11.6 Å². The highest BCUT2D eigenvalue weighted by atomic mass is 32.2. The van der Waals surface area contributed by atoms with Gasteiger partial charge in [-0.25, -0.2) is 4.98 Å². The van der Waals surface area contributed by atoms with Crippen molar-refractivity contribution in [3.63, 3.8) is 0 Å². The van der Waals surface area contributed by atoms with Crippen LogP contribution in [0.25, 0.3) is 0 Å². The van der Waals surface area contributed by atoms with Gasteiger partial charge in [0.1, 0.15) is 4.64 Å². The van der Waals surface area contributed by atoms with Crippen molar-refractivity contribution >= 4 is 24.0 Å². The minimum absolute atomic E-state index is 0.676. The van der Waals surface area contributed by atoms with Crippen molar-refractivity contribution in [3.05, 3.63) is 16.4 Å². The minimum atomic E-state index is 0.676. The standard InChI is InChI=1S/C9H14N2S2/c1-3-4-5-13-9-10-7(2)6-8(12)11-9/h6H,3-5H2,1-2H3,(H,10,11,12). The summed E-state index contributed by atoms with van der Waals surface area (Å²) in [5, 5.41) is 0.943. The first-order valence-electron chi connectivity index (χ1n) is 4.43. The first-order valence-corrected chi connectivity index (χ1v) is 5.82. The molecular formula is C9H14N2S2. The molecule has 0 aromatic carbocycles. The Hall–Kier alpha value is -0.350. The second-order valence-electron chi connectivity index (χ2n) is 2.91. The van der Waals surface area contributed by atoms with Crippen LogP contribution in [0.15, 0.2) is 11.2 Å². The molecule has 0 saturated carbocycles. The van der Waals surface area contributed by atoms with Gasteiger partial charge in [0, 0.05) is 11.4 Å². The van der Waals surface area contributed by atoms with E-state index in [4.69, 9.17) is 12.2 Å². The first-order chi connectivity index (χ1) is 6.22. The Morgan fingerprint density at radius 2 is 2.38 bits per heavy atom. The van der Waals surface area contributed by atoms with Gasteiger partial charge in [-0.3, -0.25) is 0 Å². The van der Waals surface area contributed by atoms with E-state index in [-0.39, 0.29) is 0 Å². The molecule has 1 aromatic rings. The molecule has 0 spiro atoms. The molecule has 0 bridgehead atoms. The zero-order valence-electron chi connectivity index (χ0n) is 7.96. The summed E-state index contributed by atoms with van der Waals surface area (Å²) in [6, 6.07) is 1.87. The fourth-order valence-electron chi connectivity index (χ4n) is 0.932. The van der Waals surface area contributed by atoms with Crippen molar-refractivity contribution in [2.45, 2.75) is 31.8 Å². The van der Waals surface area contributed by atoms with Crippen molar-refractivity contribution < 1.29 is 0 Å². The van der Waals surface area contributed by atoms with E-state index in [9.17, 15) is 0 Å². The summed E-state index contributed by atoms with van der Waals surface area (Å²) in [7, 11) is 0. The molecule has 0 fully saturated rings. The van der Waals surface area contributed by atoms with Crippen LogP contribution < -0.4 is 0 Å². The highest BCUT2D eigenvalue weighted by Crippen LogP contribution is 2.14. The van der Waals surface area contributed by atoms with Crippen molar-refractivity contribution in [2.75, 3.05) is 5.75 Å². The fourth-order valence-corrected chi connectivity index (χ4v) is 2.28. The maximum absolute atomic E-state index is 5.02. The molecule has 72 valence electrons. The summed E-state index contributed by atoms with van der Waals surface area (Å²) in [5.41, 5.74) is 1.08. The lowest BCUT2D eigenvalue weighted by Crippen LogP contribution is -1.90. The smallest absolute Gasteiger partial charge is 0.166 e. The molecule has 0 aliphatic rings. The van der Waals surface area contributed by atoms with Crippen LogP contribution in [-0.4, -0.2) is 15.7 Å². The van der Waals surface area contributed by atoms with E-state index in [2.05, 4.69) is 16.9 Å². The molecule has 2 nitrogen and oxygen atoms in total. The predicted molar refractivity (Wildman–Crippen MR) is 59.8 cm³/mol. The molecule has 0 aliphatic heterocycles. The molecule has 0 saturated heterocycles. The van der Waals surface area contributed by atoms with Gasteiger partial charge in [0.25, 0.3) is 0 Å². The van der Waals surface area contributed by atoms with Crippen LogP contribution >= 0.6 is 24.0 Å². The molecule has 0 amide bonds. The normalized spacial score (nSPS) is 10.3. The number of aryl methyl sites for hydroxylation is 1. The number of unbranched alkanes of at least 4 members (excludes halogenated alkanes) is 1. The number of hydrogen-bond donors (Lipinski definition) is 1. The highest BCUT2D eigenvalue weighted by Gasteiger charge is 1.96. The number of aromatic amines is 1. The fraction of sp³-hybridized carbons (Fsp3) is 0.556. The SMILES string of the molecule is CCCCSc1nc(=S)cc(C)[nH]1. The summed E-state index contributed by atoms with van der Waals surface area (Å²) in [6.45, 7) is 4.19. The van der Waals surface area contributed by atoms with Gasteiger partial charge in [-0.15, -0.1) is 0 Å². The highest BCUT2D eigenvalue weighted by molar-refractivity contribution is 7.99. The number of H-pyrrole nitrogens is 1. The van der Waals surface area contributed by atoms with Crippen LogP contribution in [0.2, 0.25) is 0 Å². The summed E-state index contributed by atoms with van der Waals surface area (Å²) >= 11 is 6.76. The summed E-state index contributed by atoms with van der Waals surface area (Å²) < 4.78 is 0.676. The third-order valence-corrected chi connectivity index (χ3v) is 2.76. The lowest BCUT2D eigenvalue weighted by Gasteiger charge is -2.00. The van der Waals surface area contributed by atoms with Crippen LogP contribution in [-0.2, 0) is 0 Å². The van der Waals surface area contributed by atoms with E-state index in [0.717, 1.165) is 16.6 Å². The average molecular weight is 214 g/mol. The topological polar surface area (TPSA) is 28.7 Å². The lowest BCUT2D eigenvalue weighted by molar-refractivity contribution is 0.881. The zero-order valence-corrected chi connectivity index (χ0v) is 9.60. The monoisotopic (exact) mass is 214 g/mol. The Bertz CT molecular complexity index is 320. The largest absolute Gasteiger partial charge is 0.338 e. The van der Waals surface area contributed by atoms with Crippen LogP contribution in [0.1, 0.15) is 25.5 Å². The molecule has 13 heavy (non-hydrogen) atoms. The quantitative estimate of drug-likeness (QED) is 0.361. The zero-order chi connectivity index (χ0) is 9.68. The molecule has 1 N–H and O–H groups in total. The Morgan fingerprint density at radius 3 is 3.00 bits per heavy atom. The van der Waals surface area contributed by atoms with Gasteiger partial charge in [-0.2, -0.15) is 0 Å². The molecule has 0 unspecified atom stereocenters. The second-order valence-corrected chi connectivity index (χ2v) is 4.41. The molecule has 0 atom stereocenters. The molecule has 4 heteroatoms. The number of hydrogen-bond acceptors (Lipinski definition) is 3. The van der Waals surface area contributed by atoms with E-state index in [0.29, 0.717) is 4.64 Å². The van der Waals surface area contributed by atoms with E-state index in [1.807, 2.05) is 13.0 Å². The van der Waals surface area contributed by atoms with Gasteiger partial charge < -0.3 is 4.98 Å². The minimum Gasteiger partial charge on any atom is -0.338 e. The Kier molecular flexibility index (Phi) is 4.45. The second kappa shape index (κ2) is 5.40. The molecule has 1 rings (SSSR count). The van der Waals surface area contributed by atoms with Crippen molar-refractivity contribution in [2.24, 2.45) is 0 Å². The summed E-state index contributed by atoms with van der Waals surface area (Å²) in [5.74, 6) is 1.11. The van der Waals surface area contributed by atoms with Crippen molar-refractivity contribution in [1.29, 1.82) is 0 Å². The molecular weight excluding hydrogens is 200 g/mol. The number of nitrogens with one attached hydrogen (secondary N) is 1. The van der Waals surface area contributed by atoms with Gasteiger partial charge >= 0.3 is 0 Å². The van der Waals surface area contributed by atoms with E-state index in [1.165, 1.54) is 12.8 Å². The Labute approximate surface area is 88.2 Å². The van der Waals surface area contributed by atoms with Gasteiger partial charge in [-0.1, -0.05) is 37.3 Å². The number of aromatic nitrogens is 2. The maximum atomic E-state index is 5.02. The predicted octanol–water partition coefficient (Wildman–Crippen LogP) is 3.34. The molecule has 1 heterocycles. The molecule has 0 radical (unpaired) electrons. The Morgan fingerprint density at radius 1 is 1.62 bits per heavy atom. The van der Waals surface area contributed by atoms with Gasteiger partial charge in [0.15, 0.2) is 5.16 Å². The summed E-state index contributed by atoms with van der Waals surface area (Å²) in [6.07, 6.45) is 2.44. The van der Waals surface area contributed by atoms with Gasteiger partial charge in [-0.05, 0) is 19.4 Å². The van der Waals surface area contributed by atoms with Gasteiger partial charge in [0.05, 0.1) is 0 Å². The van der Waals surface area contributed by atoms with Crippen LogP contribution in [0.4, 0.5) is 0 Å².